The second-order valence-electron chi connectivity index (χ2n) is 6.45. The third-order valence-corrected chi connectivity index (χ3v) is 4.75. The maximum atomic E-state index is 12.2. The number of piperidine rings is 2. The van der Waals surface area contributed by atoms with Crippen molar-refractivity contribution in [2.45, 2.75) is 57.5 Å². The van der Waals surface area contributed by atoms with Crippen LogP contribution in [0.1, 0.15) is 45.4 Å². The molecule has 2 saturated heterocycles. The molecule has 2 N–H and O–H groups in total. The maximum Gasteiger partial charge on any atom is 0.222 e. The number of nitrogens with zero attached hydrogens (tertiary/aromatic N) is 2. The summed E-state index contributed by atoms with van der Waals surface area (Å²) in [6.07, 6.45) is 6.29. The first-order valence-electron chi connectivity index (χ1n) is 7.81. The monoisotopic (exact) mass is 267 g/mol. The fourth-order valence-corrected chi connectivity index (χ4v) is 3.61. The number of hydrogen-bond acceptors (Lipinski definition) is 3. The standard InChI is InChI=1S/C15H29N3O/c1-12(16)5-3-7-15(19)18-10-8-14-13(11-18)6-4-9-17(14)2/h12-14H,3-11,16H2,1-2H3. The summed E-state index contributed by atoms with van der Waals surface area (Å²) < 4.78 is 0. The van der Waals surface area contributed by atoms with Gasteiger partial charge in [0.15, 0.2) is 0 Å². The van der Waals surface area contributed by atoms with E-state index in [2.05, 4.69) is 16.8 Å². The van der Waals surface area contributed by atoms with E-state index in [0.29, 0.717) is 24.3 Å². The largest absolute Gasteiger partial charge is 0.342 e. The molecule has 110 valence electrons. The summed E-state index contributed by atoms with van der Waals surface area (Å²) in [6.45, 7) is 5.16. The van der Waals surface area contributed by atoms with E-state index in [1.54, 1.807) is 0 Å². The van der Waals surface area contributed by atoms with E-state index in [-0.39, 0.29) is 6.04 Å². The fourth-order valence-electron chi connectivity index (χ4n) is 3.61. The molecule has 0 bridgehead atoms. The van der Waals surface area contributed by atoms with Gasteiger partial charge in [-0.25, -0.2) is 0 Å². The lowest BCUT2D eigenvalue weighted by molar-refractivity contribution is -0.134. The molecule has 2 heterocycles. The molecule has 2 rings (SSSR count). The zero-order valence-corrected chi connectivity index (χ0v) is 12.5. The quantitative estimate of drug-likeness (QED) is 0.838. The number of hydrogen-bond donors (Lipinski definition) is 1. The van der Waals surface area contributed by atoms with Crippen LogP contribution in [0.3, 0.4) is 0 Å². The highest BCUT2D eigenvalue weighted by atomic mass is 16.2. The summed E-state index contributed by atoms with van der Waals surface area (Å²) in [5.41, 5.74) is 5.73. The van der Waals surface area contributed by atoms with Crippen molar-refractivity contribution in [2.75, 3.05) is 26.7 Å². The van der Waals surface area contributed by atoms with Crippen LogP contribution in [0.5, 0.6) is 0 Å². The Balaban J connectivity index is 1.78. The van der Waals surface area contributed by atoms with Gasteiger partial charge in [-0.2, -0.15) is 0 Å². The first-order chi connectivity index (χ1) is 9.08. The summed E-state index contributed by atoms with van der Waals surface area (Å²) in [5, 5.41) is 0. The lowest BCUT2D eigenvalue weighted by Gasteiger charge is -2.46. The van der Waals surface area contributed by atoms with Crippen LogP contribution in [0.4, 0.5) is 0 Å². The van der Waals surface area contributed by atoms with Gasteiger partial charge in [-0.15, -0.1) is 0 Å². The van der Waals surface area contributed by atoms with Gasteiger partial charge in [-0.1, -0.05) is 0 Å². The topological polar surface area (TPSA) is 49.6 Å². The third kappa shape index (κ3) is 3.93. The smallest absolute Gasteiger partial charge is 0.222 e. The summed E-state index contributed by atoms with van der Waals surface area (Å²) >= 11 is 0. The molecular weight excluding hydrogens is 238 g/mol. The summed E-state index contributed by atoms with van der Waals surface area (Å²) in [4.78, 5) is 16.8. The third-order valence-electron chi connectivity index (χ3n) is 4.75. The number of amides is 1. The Morgan fingerprint density at radius 1 is 1.37 bits per heavy atom. The first kappa shape index (κ1) is 14.8. The highest BCUT2D eigenvalue weighted by Gasteiger charge is 2.35. The molecule has 2 aliphatic heterocycles. The first-order valence-corrected chi connectivity index (χ1v) is 7.81. The Morgan fingerprint density at radius 2 is 2.16 bits per heavy atom. The van der Waals surface area contributed by atoms with Crippen LogP contribution in [-0.2, 0) is 4.79 Å². The Hall–Kier alpha value is -0.610. The molecule has 2 fully saturated rings. The Bertz CT molecular complexity index is 306. The van der Waals surface area contributed by atoms with E-state index >= 15 is 0 Å². The van der Waals surface area contributed by atoms with Crippen LogP contribution in [0, 0.1) is 5.92 Å². The van der Waals surface area contributed by atoms with Crippen molar-refractivity contribution >= 4 is 5.91 Å². The second-order valence-corrected chi connectivity index (χ2v) is 6.45. The zero-order valence-electron chi connectivity index (χ0n) is 12.5. The highest BCUT2D eigenvalue weighted by Crippen LogP contribution is 2.29. The SMILES string of the molecule is CC(N)CCCC(=O)N1CCC2C(CCCN2C)C1. The molecule has 19 heavy (non-hydrogen) atoms. The van der Waals surface area contributed by atoms with Crippen molar-refractivity contribution in [3.05, 3.63) is 0 Å². The minimum absolute atomic E-state index is 0.213. The average molecular weight is 267 g/mol. The van der Waals surface area contributed by atoms with Crippen molar-refractivity contribution < 1.29 is 4.79 Å². The van der Waals surface area contributed by atoms with E-state index in [1.807, 2.05) is 6.92 Å². The molecule has 0 aromatic carbocycles. The van der Waals surface area contributed by atoms with E-state index in [0.717, 1.165) is 32.4 Å². The minimum atomic E-state index is 0.213. The summed E-state index contributed by atoms with van der Waals surface area (Å²) in [5.74, 6) is 1.04. The lowest BCUT2D eigenvalue weighted by atomic mass is 9.84. The van der Waals surface area contributed by atoms with Crippen LogP contribution in [0.25, 0.3) is 0 Å². The van der Waals surface area contributed by atoms with E-state index in [1.165, 1.54) is 19.4 Å². The number of likely N-dealkylation sites (tertiary alicyclic amines) is 2. The number of carbonyl (C=O) groups excluding carboxylic acids is 1. The van der Waals surface area contributed by atoms with Crippen molar-refractivity contribution in [3.63, 3.8) is 0 Å². The molecule has 3 unspecified atom stereocenters. The van der Waals surface area contributed by atoms with Gasteiger partial charge < -0.3 is 15.5 Å². The van der Waals surface area contributed by atoms with Crippen LogP contribution in [0.2, 0.25) is 0 Å². The van der Waals surface area contributed by atoms with Gasteiger partial charge in [0.2, 0.25) is 5.91 Å². The van der Waals surface area contributed by atoms with Gasteiger partial charge in [-0.05, 0) is 58.5 Å². The van der Waals surface area contributed by atoms with Gasteiger partial charge in [0.1, 0.15) is 0 Å². The molecule has 0 saturated carbocycles. The average Bonchev–Trinajstić information content (AvgIpc) is 2.38. The number of fused-ring (bicyclic) bond motifs is 1. The van der Waals surface area contributed by atoms with E-state index in [4.69, 9.17) is 5.73 Å². The van der Waals surface area contributed by atoms with Crippen molar-refractivity contribution in [3.8, 4) is 0 Å². The van der Waals surface area contributed by atoms with Crippen LogP contribution >= 0.6 is 0 Å². The molecule has 0 radical (unpaired) electrons. The Morgan fingerprint density at radius 3 is 2.89 bits per heavy atom. The molecule has 0 aromatic rings. The molecular formula is C15H29N3O. The second kappa shape index (κ2) is 6.71. The lowest BCUT2D eigenvalue weighted by Crippen LogP contribution is -2.53. The van der Waals surface area contributed by atoms with Gasteiger partial charge in [-0.3, -0.25) is 4.79 Å². The molecule has 2 aliphatic rings. The normalized spacial score (nSPS) is 29.9. The predicted octanol–water partition coefficient (Wildman–Crippen LogP) is 1.45. The Kier molecular flexibility index (Phi) is 5.22. The summed E-state index contributed by atoms with van der Waals surface area (Å²) in [6, 6.07) is 0.924. The molecule has 0 aliphatic carbocycles. The molecule has 1 amide bonds. The maximum absolute atomic E-state index is 12.2. The number of rotatable bonds is 4. The van der Waals surface area contributed by atoms with Gasteiger partial charge in [0, 0.05) is 31.6 Å². The highest BCUT2D eigenvalue weighted by molar-refractivity contribution is 5.76. The van der Waals surface area contributed by atoms with Crippen LogP contribution in [-0.4, -0.2) is 54.5 Å². The van der Waals surface area contributed by atoms with Crippen molar-refractivity contribution in [1.82, 2.24) is 9.80 Å². The van der Waals surface area contributed by atoms with Crippen molar-refractivity contribution in [2.24, 2.45) is 11.7 Å². The number of nitrogens with two attached hydrogens (primary N) is 1. The number of carbonyl (C=O) groups is 1. The van der Waals surface area contributed by atoms with Crippen LogP contribution in [0.15, 0.2) is 0 Å². The van der Waals surface area contributed by atoms with Crippen molar-refractivity contribution in [1.29, 1.82) is 0 Å². The molecule has 3 atom stereocenters. The van der Waals surface area contributed by atoms with Crippen LogP contribution < -0.4 is 5.73 Å². The molecule has 0 spiro atoms. The molecule has 4 heteroatoms. The van der Waals surface area contributed by atoms with Gasteiger partial charge in [0.25, 0.3) is 0 Å². The van der Waals surface area contributed by atoms with Gasteiger partial charge in [0.05, 0.1) is 0 Å². The van der Waals surface area contributed by atoms with E-state index in [9.17, 15) is 4.79 Å². The minimum Gasteiger partial charge on any atom is -0.342 e. The predicted molar refractivity (Wildman–Crippen MR) is 77.8 cm³/mol. The summed E-state index contributed by atoms with van der Waals surface area (Å²) in [7, 11) is 2.23. The zero-order chi connectivity index (χ0) is 13.8. The molecule has 0 aromatic heterocycles. The Labute approximate surface area is 117 Å². The van der Waals surface area contributed by atoms with Gasteiger partial charge >= 0.3 is 0 Å². The van der Waals surface area contributed by atoms with E-state index < -0.39 is 0 Å². The molecule has 4 nitrogen and oxygen atoms in total. The fraction of sp³-hybridized carbons (Fsp3) is 0.933.